The lowest BCUT2D eigenvalue weighted by molar-refractivity contribution is 0.102. The third-order valence-corrected chi connectivity index (χ3v) is 3.56. The molecular formula is C17H19N3O2. The van der Waals surface area contributed by atoms with Crippen LogP contribution < -0.4 is 15.0 Å². The molecule has 1 aromatic heterocycles. The lowest BCUT2D eigenvalue weighted by atomic mass is 10.1. The number of anilines is 2. The molecule has 1 aromatic carbocycles. The monoisotopic (exact) mass is 297 g/mol. The van der Waals surface area contributed by atoms with Crippen molar-refractivity contribution in [2.45, 2.75) is 19.4 Å². The molecular weight excluding hydrogens is 278 g/mol. The van der Waals surface area contributed by atoms with Gasteiger partial charge in [-0.2, -0.15) is 0 Å². The zero-order valence-electron chi connectivity index (χ0n) is 13.0. The van der Waals surface area contributed by atoms with E-state index < -0.39 is 0 Å². The Morgan fingerprint density at radius 2 is 2.18 bits per heavy atom. The van der Waals surface area contributed by atoms with Crippen LogP contribution in [0.1, 0.15) is 24.2 Å². The number of likely N-dealkylation sites (N-methyl/N-ethyl adjacent to an activating group) is 1. The molecule has 2 aromatic rings. The van der Waals surface area contributed by atoms with Crippen LogP contribution in [-0.4, -0.2) is 30.1 Å². The molecule has 0 radical (unpaired) electrons. The molecule has 0 fully saturated rings. The molecule has 3 rings (SSSR count). The normalized spacial score (nSPS) is 15.7. The van der Waals surface area contributed by atoms with E-state index in [0.29, 0.717) is 5.56 Å². The van der Waals surface area contributed by atoms with Crippen molar-refractivity contribution in [3.8, 4) is 5.75 Å². The second-order valence-corrected chi connectivity index (χ2v) is 6.10. The Morgan fingerprint density at radius 1 is 1.36 bits per heavy atom. The summed E-state index contributed by atoms with van der Waals surface area (Å²) in [6.45, 7) is 4.91. The number of hydrogen-bond donors (Lipinski definition) is 1. The first kappa shape index (κ1) is 14.4. The molecule has 22 heavy (non-hydrogen) atoms. The van der Waals surface area contributed by atoms with Crippen molar-refractivity contribution in [2.24, 2.45) is 0 Å². The lowest BCUT2D eigenvalue weighted by Crippen LogP contribution is -2.45. The highest BCUT2D eigenvalue weighted by molar-refractivity contribution is 6.04. The van der Waals surface area contributed by atoms with Gasteiger partial charge in [-0.3, -0.25) is 9.78 Å². The quantitative estimate of drug-likeness (QED) is 0.926. The van der Waals surface area contributed by atoms with Gasteiger partial charge >= 0.3 is 0 Å². The Balaban J connectivity index is 1.83. The van der Waals surface area contributed by atoms with Gasteiger partial charge in [-0.1, -0.05) is 0 Å². The number of fused-ring (bicyclic) bond motifs is 1. The molecule has 0 unspecified atom stereocenters. The van der Waals surface area contributed by atoms with Crippen molar-refractivity contribution in [1.29, 1.82) is 0 Å². The van der Waals surface area contributed by atoms with Crippen molar-refractivity contribution in [3.63, 3.8) is 0 Å². The van der Waals surface area contributed by atoms with Gasteiger partial charge in [0.25, 0.3) is 5.91 Å². The first-order chi connectivity index (χ1) is 10.4. The molecule has 0 aliphatic carbocycles. The summed E-state index contributed by atoms with van der Waals surface area (Å²) in [5.74, 6) is 0.658. The fourth-order valence-electron chi connectivity index (χ4n) is 2.67. The second-order valence-electron chi connectivity index (χ2n) is 6.10. The average Bonchev–Trinajstić information content (AvgIpc) is 2.48. The molecule has 5 heteroatoms. The molecule has 0 spiro atoms. The van der Waals surface area contributed by atoms with Gasteiger partial charge in [0.2, 0.25) is 0 Å². The van der Waals surface area contributed by atoms with Crippen molar-refractivity contribution in [2.75, 3.05) is 23.8 Å². The van der Waals surface area contributed by atoms with Crippen molar-refractivity contribution < 1.29 is 9.53 Å². The molecule has 114 valence electrons. The maximum Gasteiger partial charge on any atom is 0.257 e. The largest absolute Gasteiger partial charge is 0.484 e. The number of pyridine rings is 1. The van der Waals surface area contributed by atoms with Gasteiger partial charge in [-0.25, -0.2) is 0 Å². The van der Waals surface area contributed by atoms with Crippen LogP contribution in [0.25, 0.3) is 0 Å². The van der Waals surface area contributed by atoms with E-state index >= 15 is 0 Å². The van der Waals surface area contributed by atoms with E-state index in [1.807, 2.05) is 25.2 Å². The Bertz CT molecular complexity index is 698. The van der Waals surface area contributed by atoms with E-state index in [9.17, 15) is 4.79 Å². The summed E-state index contributed by atoms with van der Waals surface area (Å²) >= 11 is 0. The van der Waals surface area contributed by atoms with Crippen molar-refractivity contribution in [1.82, 2.24) is 4.98 Å². The standard InChI is InChI=1S/C17H19N3O2/c1-17(2)11-20(3)14-9-13(6-7-15(14)22-17)19-16(21)12-5-4-8-18-10-12/h4-10H,11H2,1-3H3,(H,19,21). The molecule has 1 N–H and O–H groups in total. The Hall–Kier alpha value is -2.56. The summed E-state index contributed by atoms with van der Waals surface area (Å²) in [6.07, 6.45) is 3.19. The number of hydrogen-bond acceptors (Lipinski definition) is 4. The van der Waals surface area contributed by atoms with Crippen molar-refractivity contribution in [3.05, 3.63) is 48.3 Å². The molecule has 0 atom stereocenters. The first-order valence-corrected chi connectivity index (χ1v) is 7.20. The van der Waals surface area contributed by atoms with Crippen LogP contribution in [0.5, 0.6) is 5.75 Å². The first-order valence-electron chi connectivity index (χ1n) is 7.20. The zero-order valence-corrected chi connectivity index (χ0v) is 13.0. The maximum atomic E-state index is 12.2. The van der Waals surface area contributed by atoms with Crippen LogP contribution in [0.3, 0.4) is 0 Å². The summed E-state index contributed by atoms with van der Waals surface area (Å²) in [6, 6.07) is 9.15. The van der Waals surface area contributed by atoms with E-state index in [4.69, 9.17) is 4.74 Å². The number of carbonyl (C=O) groups is 1. The number of nitrogens with one attached hydrogen (secondary N) is 1. The number of carbonyl (C=O) groups excluding carboxylic acids is 1. The number of rotatable bonds is 2. The highest BCUT2D eigenvalue weighted by Gasteiger charge is 2.29. The Labute approximate surface area is 129 Å². The lowest BCUT2D eigenvalue weighted by Gasteiger charge is -2.39. The summed E-state index contributed by atoms with van der Waals surface area (Å²) in [7, 11) is 2.02. The maximum absolute atomic E-state index is 12.2. The van der Waals surface area contributed by atoms with E-state index in [2.05, 4.69) is 29.0 Å². The van der Waals surface area contributed by atoms with Gasteiger partial charge < -0.3 is 15.0 Å². The van der Waals surface area contributed by atoms with Crippen LogP contribution >= 0.6 is 0 Å². The van der Waals surface area contributed by atoms with Gasteiger partial charge in [0.05, 0.1) is 17.8 Å². The molecule has 0 saturated heterocycles. The highest BCUT2D eigenvalue weighted by Crippen LogP contribution is 2.37. The van der Waals surface area contributed by atoms with Crippen LogP contribution in [0.2, 0.25) is 0 Å². The molecule has 5 nitrogen and oxygen atoms in total. The molecule has 1 aliphatic heterocycles. The van der Waals surface area contributed by atoms with E-state index in [0.717, 1.165) is 23.7 Å². The Kier molecular flexibility index (Phi) is 3.48. The van der Waals surface area contributed by atoms with Gasteiger partial charge in [0, 0.05) is 25.1 Å². The predicted octanol–water partition coefficient (Wildman–Crippen LogP) is 2.94. The molecule has 1 aliphatic rings. The van der Waals surface area contributed by atoms with E-state index in [1.54, 1.807) is 24.5 Å². The predicted molar refractivity (Wildman–Crippen MR) is 86.6 cm³/mol. The van der Waals surface area contributed by atoms with Gasteiger partial charge in [0.1, 0.15) is 11.4 Å². The topological polar surface area (TPSA) is 54.5 Å². The molecule has 2 heterocycles. The highest BCUT2D eigenvalue weighted by atomic mass is 16.5. The third kappa shape index (κ3) is 2.88. The summed E-state index contributed by atoms with van der Waals surface area (Å²) in [5.41, 5.74) is 2.03. The summed E-state index contributed by atoms with van der Waals surface area (Å²) in [5, 5.41) is 2.89. The smallest absolute Gasteiger partial charge is 0.257 e. The Morgan fingerprint density at radius 3 is 2.91 bits per heavy atom. The second kappa shape index (κ2) is 5.33. The van der Waals surface area contributed by atoms with E-state index in [1.165, 1.54) is 0 Å². The van der Waals surface area contributed by atoms with Crippen LogP contribution in [0, 0.1) is 0 Å². The minimum absolute atomic E-state index is 0.173. The fraction of sp³-hybridized carbons (Fsp3) is 0.294. The van der Waals surface area contributed by atoms with Crippen LogP contribution in [-0.2, 0) is 0 Å². The average molecular weight is 297 g/mol. The number of amides is 1. The van der Waals surface area contributed by atoms with E-state index in [-0.39, 0.29) is 11.5 Å². The number of aromatic nitrogens is 1. The third-order valence-electron chi connectivity index (χ3n) is 3.56. The number of benzene rings is 1. The van der Waals surface area contributed by atoms with Gasteiger partial charge in [0.15, 0.2) is 0 Å². The molecule has 0 saturated carbocycles. The number of nitrogens with zero attached hydrogens (tertiary/aromatic N) is 2. The molecule has 0 bridgehead atoms. The summed E-state index contributed by atoms with van der Waals surface area (Å²) in [4.78, 5) is 18.3. The van der Waals surface area contributed by atoms with Crippen molar-refractivity contribution >= 4 is 17.3 Å². The summed E-state index contributed by atoms with van der Waals surface area (Å²) < 4.78 is 5.97. The minimum atomic E-state index is -0.220. The SMILES string of the molecule is CN1CC(C)(C)Oc2ccc(NC(=O)c3cccnc3)cc21. The minimum Gasteiger partial charge on any atom is -0.484 e. The van der Waals surface area contributed by atoms with Gasteiger partial charge in [-0.15, -0.1) is 0 Å². The number of ether oxygens (including phenoxy) is 1. The zero-order chi connectivity index (χ0) is 15.7. The van der Waals surface area contributed by atoms with Crippen LogP contribution in [0.15, 0.2) is 42.7 Å². The fourth-order valence-corrected chi connectivity index (χ4v) is 2.67. The van der Waals surface area contributed by atoms with Crippen LogP contribution in [0.4, 0.5) is 11.4 Å². The van der Waals surface area contributed by atoms with Gasteiger partial charge in [-0.05, 0) is 44.2 Å². The molecule has 1 amide bonds.